The van der Waals surface area contributed by atoms with Crippen molar-refractivity contribution in [1.29, 1.82) is 0 Å². The third kappa shape index (κ3) is 5.28. The molecule has 0 spiro atoms. The van der Waals surface area contributed by atoms with Crippen LogP contribution in [0, 0.1) is 0 Å². The molecule has 1 heterocycles. The number of hydrogen-bond acceptors (Lipinski definition) is 3. The van der Waals surface area contributed by atoms with Crippen molar-refractivity contribution in [2.75, 3.05) is 4.90 Å². The smallest absolute Gasteiger partial charge is 0.227 e. The van der Waals surface area contributed by atoms with Crippen molar-refractivity contribution < 1.29 is 4.42 Å². The molecule has 3 nitrogen and oxygen atoms in total. The van der Waals surface area contributed by atoms with Gasteiger partial charge in [0.05, 0.1) is 0 Å². The molecule has 0 amide bonds. The summed E-state index contributed by atoms with van der Waals surface area (Å²) in [7, 11) is 0. The van der Waals surface area contributed by atoms with Crippen molar-refractivity contribution >= 4 is 60.5 Å². The SMILES string of the molecule is c1ccc(-c2ccc(N(c3ccc(-c4ccc5ccccc5c4)cc3)c3ccc4ccc5ccc6nc(-c7ccccc7)oc6c5c4c3)cc2)cc1. The summed E-state index contributed by atoms with van der Waals surface area (Å²) in [6, 6.07) is 68.9. The quantitative estimate of drug-likeness (QED) is 0.166. The Bertz CT molecular complexity index is 2880. The third-order valence-corrected chi connectivity index (χ3v) is 10.1. The highest BCUT2D eigenvalue weighted by Gasteiger charge is 2.17. The summed E-state index contributed by atoms with van der Waals surface area (Å²) >= 11 is 0. The molecule has 52 heavy (non-hydrogen) atoms. The highest BCUT2D eigenvalue weighted by molar-refractivity contribution is 6.18. The summed E-state index contributed by atoms with van der Waals surface area (Å²) in [5.74, 6) is 0.628. The van der Waals surface area contributed by atoms with Gasteiger partial charge in [-0.1, -0.05) is 133 Å². The largest absolute Gasteiger partial charge is 0.435 e. The highest BCUT2D eigenvalue weighted by atomic mass is 16.3. The van der Waals surface area contributed by atoms with E-state index in [1.807, 2.05) is 30.3 Å². The van der Waals surface area contributed by atoms with E-state index >= 15 is 0 Å². The minimum atomic E-state index is 0.628. The lowest BCUT2D eigenvalue weighted by Gasteiger charge is -2.26. The van der Waals surface area contributed by atoms with Crippen LogP contribution in [-0.4, -0.2) is 4.98 Å². The molecular weight excluding hydrogens is 633 g/mol. The van der Waals surface area contributed by atoms with E-state index in [1.54, 1.807) is 0 Å². The molecule has 0 saturated heterocycles. The Labute approximate surface area is 301 Å². The molecule has 10 aromatic rings. The normalized spacial score (nSPS) is 11.5. The van der Waals surface area contributed by atoms with Crippen LogP contribution >= 0.6 is 0 Å². The Morgan fingerprint density at radius 3 is 1.62 bits per heavy atom. The van der Waals surface area contributed by atoms with Gasteiger partial charge in [-0.15, -0.1) is 0 Å². The van der Waals surface area contributed by atoms with Crippen LogP contribution < -0.4 is 4.90 Å². The minimum absolute atomic E-state index is 0.628. The monoisotopic (exact) mass is 664 g/mol. The molecule has 0 unspecified atom stereocenters. The molecule has 10 rings (SSSR count). The van der Waals surface area contributed by atoms with Gasteiger partial charge in [0.2, 0.25) is 5.89 Å². The molecule has 0 N–H and O–H groups in total. The second-order valence-corrected chi connectivity index (χ2v) is 13.2. The fourth-order valence-electron chi connectivity index (χ4n) is 7.41. The van der Waals surface area contributed by atoms with Crippen LogP contribution in [0.4, 0.5) is 17.1 Å². The predicted molar refractivity (Wildman–Crippen MR) is 218 cm³/mol. The number of oxazole rings is 1. The van der Waals surface area contributed by atoms with E-state index in [4.69, 9.17) is 9.40 Å². The molecule has 244 valence electrons. The van der Waals surface area contributed by atoms with E-state index in [0.29, 0.717) is 5.89 Å². The van der Waals surface area contributed by atoms with E-state index < -0.39 is 0 Å². The van der Waals surface area contributed by atoms with Gasteiger partial charge < -0.3 is 9.32 Å². The fraction of sp³-hybridized carbons (Fsp3) is 0. The Balaban J connectivity index is 1.13. The van der Waals surface area contributed by atoms with Crippen molar-refractivity contribution in [2.45, 2.75) is 0 Å². The Kier molecular flexibility index (Phi) is 7.14. The lowest BCUT2D eigenvalue weighted by molar-refractivity contribution is 0.623. The zero-order valence-electron chi connectivity index (χ0n) is 28.3. The van der Waals surface area contributed by atoms with E-state index in [9.17, 15) is 0 Å². The Morgan fingerprint density at radius 1 is 0.365 bits per heavy atom. The number of hydrogen-bond donors (Lipinski definition) is 0. The first-order chi connectivity index (χ1) is 25.7. The highest BCUT2D eigenvalue weighted by Crippen LogP contribution is 2.41. The Morgan fingerprint density at radius 2 is 0.885 bits per heavy atom. The maximum atomic E-state index is 6.56. The molecule has 0 bridgehead atoms. The molecule has 0 atom stereocenters. The molecule has 0 aliphatic carbocycles. The van der Waals surface area contributed by atoms with Gasteiger partial charge >= 0.3 is 0 Å². The van der Waals surface area contributed by atoms with E-state index in [-0.39, 0.29) is 0 Å². The maximum Gasteiger partial charge on any atom is 0.227 e. The van der Waals surface area contributed by atoms with Gasteiger partial charge in [-0.25, -0.2) is 4.98 Å². The standard InChI is InChI=1S/C49H32N2O/c1-3-9-33(10-4-1)35-19-25-42(26-20-35)51(43-27-21-36(22-28-43)41-18-15-34-11-7-8-14-40(34)31-41)44-29-23-37-16-17-38-24-30-46-48(47(38)45(37)32-44)52-49(50-46)39-12-5-2-6-13-39/h1-32H. The zero-order valence-corrected chi connectivity index (χ0v) is 28.3. The van der Waals surface area contributed by atoms with Gasteiger partial charge in [0, 0.05) is 28.0 Å². The molecule has 0 fully saturated rings. The molecule has 9 aromatic carbocycles. The number of fused-ring (bicyclic) bond motifs is 6. The van der Waals surface area contributed by atoms with Crippen molar-refractivity contribution in [3.63, 3.8) is 0 Å². The van der Waals surface area contributed by atoms with Crippen LogP contribution in [0.3, 0.4) is 0 Å². The summed E-state index contributed by atoms with van der Waals surface area (Å²) in [5, 5.41) is 6.94. The zero-order chi connectivity index (χ0) is 34.4. The second kappa shape index (κ2) is 12.4. The van der Waals surface area contributed by atoms with Gasteiger partial charge in [0.1, 0.15) is 5.52 Å². The van der Waals surface area contributed by atoms with Gasteiger partial charge in [0.15, 0.2) is 5.58 Å². The first-order valence-electron chi connectivity index (χ1n) is 17.6. The van der Waals surface area contributed by atoms with Crippen molar-refractivity contribution in [2.24, 2.45) is 0 Å². The molecular formula is C49H32N2O. The summed E-state index contributed by atoms with van der Waals surface area (Å²) in [4.78, 5) is 7.24. The number of benzene rings is 9. The molecule has 1 aromatic heterocycles. The maximum absolute atomic E-state index is 6.56. The van der Waals surface area contributed by atoms with E-state index in [1.165, 1.54) is 33.0 Å². The van der Waals surface area contributed by atoms with Crippen molar-refractivity contribution in [3.05, 3.63) is 194 Å². The summed E-state index contributed by atoms with van der Waals surface area (Å²) in [6.07, 6.45) is 0. The first kappa shape index (κ1) is 29.9. The fourth-order valence-corrected chi connectivity index (χ4v) is 7.41. The van der Waals surface area contributed by atoms with Crippen LogP contribution in [0.25, 0.3) is 77.1 Å². The number of rotatable bonds is 6. The lowest BCUT2D eigenvalue weighted by Crippen LogP contribution is -2.09. The van der Waals surface area contributed by atoms with E-state index in [2.05, 4.69) is 169 Å². The van der Waals surface area contributed by atoms with Gasteiger partial charge in [-0.3, -0.25) is 0 Å². The topological polar surface area (TPSA) is 29.3 Å². The number of nitrogens with zero attached hydrogens (tertiary/aromatic N) is 2. The molecule has 0 aliphatic rings. The van der Waals surface area contributed by atoms with Crippen LogP contribution in [0.15, 0.2) is 199 Å². The average Bonchev–Trinajstić information content (AvgIpc) is 3.67. The number of anilines is 3. The third-order valence-electron chi connectivity index (χ3n) is 10.1. The number of aromatic nitrogens is 1. The van der Waals surface area contributed by atoms with Crippen LogP contribution in [0.2, 0.25) is 0 Å². The van der Waals surface area contributed by atoms with Crippen molar-refractivity contribution in [3.8, 4) is 33.7 Å². The summed E-state index contributed by atoms with van der Waals surface area (Å²) in [6.45, 7) is 0. The summed E-state index contributed by atoms with van der Waals surface area (Å²) < 4.78 is 6.56. The first-order valence-corrected chi connectivity index (χ1v) is 17.6. The average molecular weight is 665 g/mol. The summed E-state index contributed by atoms with van der Waals surface area (Å²) in [5.41, 5.74) is 10.6. The molecule has 0 radical (unpaired) electrons. The van der Waals surface area contributed by atoms with E-state index in [0.717, 1.165) is 55.3 Å². The van der Waals surface area contributed by atoms with Gasteiger partial charge in [-0.2, -0.15) is 0 Å². The van der Waals surface area contributed by atoms with Gasteiger partial charge in [0.25, 0.3) is 0 Å². The van der Waals surface area contributed by atoms with Crippen LogP contribution in [0.1, 0.15) is 0 Å². The second-order valence-electron chi connectivity index (χ2n) is 13.2. The lowest BCUT2D eigenvalue weighted by atomic mass is 9.99. The van der Waals surface area contributed by atoms with Gasteiger partial charge in [-0.05, 0) is 110 Å². The Hall–Kier alpha value is -6.97. The molecule has 3 heteroatoms. The van der Waals surface area contributed by atoms with Crippen LogP contribution in [0.5, 0.6) is 0 Å². The molecule has 0 saturated carbocycles. The van der Waals surface area contributed by atoms with Crippen LogP contribution in [-0.2, 0) is 0 Å². The van der Waals surface area contributed by atoms with Crippen molar-refractivity contribution in [1.82, 2.24) is 4.98 Å². The molecule has 0 aliphatic heterocycles. The minimum Gasteiger partial charge on any atom is -0.435 e. The predicted octanol–water partition coefficient (Wildman–Crippen LogP) is 13.8.